The summed E-state index contributed by atoms with van der Waals surface area (Å²) in [6, 6.07) is 6.73. The van der Waals surface area contributed by atoms with E-state index in [0.717, 1.165) is 12.8 Å². The molecule has 0 bridgehead atoms. The van der Waals surface area contributed by atoms with E-state index in [0.29, 0.717) is 5.56 Å². The van der Waals surface area contributed by atoms with Crippen LogP contribution in [0.4, 0.5) is 4.39 Å². The molecule has 0 aliphatic rings. The van der Waals surface area contributed by atoms with Crippen LogP contribution in [-0.2, 0) is 4.74 Å². The third-order valence-electron chi connectivity index (χ3n) is 3.63. The Balaban J connectivity index is 3.18. The average Bonchev–Trinajstić information content (AvgIpc) is 2.38. The van der Waals surface area contributed by atoms with Crippen molar-refractivity contribution in [1.82, 2.24) is 5.32 Å². The Kier molecular flexibility index (Phi) is 5.09. The number of ether oxygens (including phenoxy) is 1. The van der Waals surface area contributed by atoms with Crippen LogP contribution in [0.1, 0.15) is 38.3 Å². The van der Waals surface area contributed by atoms with Crippen molar-refractivity contribution in [2.75, 3.05) is 14.2 Å². The van der Waals surface area contributed by atoms with Crippen molar-refractivity contribution in [3.05, 3.63) is 35.6 Å². The number of likely N-dealkylation sites (N-methyl/N-ethyl adjacent to an activating group) is 1. The van der Waals surface area contributed by atoms with Gasteiger partial charge in [-0.2, -0.15) is 0 Å². The molecule has 3 heteroatoms. The Morgan fingerprint density at radius 2 is 1.88 bits per heavy atom. The fraction of sp³-hybridized carbons (Fsp3) is 0.571. The molecule has 0 spiro atoms. The van der Waals surface area contributed by atoms with E-state index < -0.39 is 0 Å². The molecule has 0 aliphatic heterocycles. The van der Waals surface area contributed by atoms with Gasteiger partial charge in [0.15, 0.2) is 0 Å². The maximum absolute atomic E-state index is 13.9. The van der Waals surface area contributed by atoms with Crippen LogP contribution in [0.25, 0.3) is 0 Å². The minimum absolute atomic E-state index is 0.135. The Morgan fingerprint density at radius 1 is 1.29 bits per heavy atom. The standard InChI is InChI=1S/C14H22FNO/c1-5-14(6-2,17-4)13(16-3)11-9-7-8-10-12(11)15/h7-10,13,16H,5-6H2,1-4H3. The van der Waals surface area contributed by atoms with Gasteiger partial charge in [0.05, 0.1) is 11.6 Å². The molecule has 1 aromatic carbocycles. The van der Waals surface area contributed by atoms with Crippen LogP contribution in [0, 0.1) is 5.82 Å². The molecule has 1 aromatic rings. The lowest BCUT2D eigenvalue weighted by Crippen LogP contribution is -2.44. The summed E-state index contributed by atoms with van der Waals surface area (Å²) in [7, 11) is 3.54. The molecule has 0 heterocycles. The van der Waals surface area contributed by atoms with Crippen molar-refractivity contribution in [1.29, 1.82) is 0 Å². The molecule has 0 fully saturated rings. The predicted molar refractivity (Wildman–Crippen MR) is 68.5 cm³/mol. The fourth-order valence-corrected chi connectivity index (χ4v) is 2.48. The molecular formula is C14H22FNO. The summed E-state index contributed by atoms with van der Waals surface area (Å²) in [6.45, 7) is 4.14. The molecule has 17 heavy (non-hydrogen) atoms. The van der Waals surface area contributed by atoms with Crippen LogP contribution in [0.2, 0.25) is 0 Å². The van der Waals surface area contributed by atoms with E-state index in [4.69, 9.17) is 4.74 Å². The van der Waals surface area contributed by atoms with Gasteiger partial charge in [-0.05, 0) is 26.0 Å². The number of methoxy groups -OCH3 is 1. The van der Waals surface area contributed by atoms with E-state index in [1.54, 1.807) is 13.2 Å². The van der Waals surface area contributed by atoms with Crippen LogP contribution in [0.15, 0.2) is 24.3 Å². The third-order valence-corrected chi connectivity index (χ3v) is 3.63. The number of halogens is 1. The van der Waals surface area contributed by atoms with E-state index >= 15 is 0 Å². The van der Waals surface area contributed by atoms with Crippen molar-refractivity contribution in [3.63, 3.8) is 0 Å². The zero-order valence-electron chi connectivity index (χ0n) is 11.1. The first-order valence-corrected chi connectivity index (χ1v) is 6.12. The Labute approximate surface area is 103 Å². The molecule has 96 valence electrons. The highest BCUT2D eigenvalue weighted by molar-refractivity contribution is 5.24. The number of nitrogens with one attached hydrogen (secondary N) is 1. The number of hydrogen-bond donors (Lipinski definition) is 1. The van der Waals surface area contributed by atoms with Crippen LogP contribution < -0.4 is 5.32 Å². The normalized spacial score (nSPS) is 13.7. The smallest absolute Gasteiger partial charge is 0.128 e. The first-order chi connectivity index (χ1) is 8.15. The van der Waals surface area contributed by atoms with E-state index in [9.17, 15) is 4.39 Å². The van der Waals surface area contributed by atoms with Gasteiger partial charge < -0.3 is 10.1 Å². The highest BCUT2D eigenvalue weighted by Crippen LogP contribution is 2.35. The first-order valence-electron chi connectivity index (χ1n) is 6.12. The van der Waals surface area contributed by atoms with Crippen LogP contribution in [-0.4, -0.2) is 19.8 Å². The predicted octanol–water partition coefficient (Wildman–Crippen LogP) is 3.29. The molecule has 0 aromatic heterocycles. The Hall–Kier alpha value is -0.930. The van der Waals surface area contributed by atoms with Gasteiger partial charge in [0.2, 0.25) is 0 Å². The topological polar surface area (TPSA) is 21.3 Å². The maximum Gasteiger partial charge on any atom is 0.128 e. The largest absolute Gasteiger partial charge is 0.376 e. The minimum atomic E-state index is -0.364. The lowest BCUT2D eigenvalue weighted by molar-refractivity contribution is -0.0475. The fourth-order valence-electron chi connectivity index (χ4n) is 2.48. The quantitative estimate of drug-likeness (QED) is 0.822. The molecule has 1 atom stereocenters. The monoisotopic (exact) mass is 239 g/mol. The molecular weight excluding hydrogens is 217 g/mol. The van der Waals surface area contributed by atoms with Crippen molar-refractivity contribution >= 4 is 0 Å². The van der Waals surface area contributed by atoms with Gasteiger partial charge in [-0.1, -0.05) is 32.0 Å². The molecule has 1 rings (SSSR count). The van der Waals surface area contributed by atoms with Crippen LogP contribution in [0.5, 0.6) is 0 Å². The summed E-state index contributed by atoms with van der Waals surface area (Å²) in [5.41, 5.74) is 0.303. The SMILES string of the molecule is CCC(CC)(OC)C(NC)c1ccccc1F. The first kappa shape index (κ1) is 14.1. The van der Waals surface area contributed by atoms with Crippen molar-refractivity contribution in [3.8, 4) is 0 Å². The highest BCUT2D eigenvalue weighted by Gasteiger charge is 2.37. The lowest BCUT2D eigenvalue weighted by atomic mass is 9.83. The number of benzene rings is 1. The molecule has 0 aliphatic carbocycles. The van der Waals surface area contributed by atoms with Gasteiger partial charge in [-0.25, -0.2) is 4.39 Å². The van der Waals surface area contributed by atoms with E-state index in [2.05, 4.69) is 19.2 Å². The average molecular weight is 239 g/mol. The van der Waals surface area contributed by atoms with E-state index in [-0.39, 0.29) is 17.5 Å². The van der Waals surface area contributed by atoms with Crippen LogP contribution in [0.3, 0.4) is 0 Å². The van der Waals surface area contributed by atoms with Gasteiger partial charge in [-0.15, -0.1) is 0 Å². The summed E-state index contributed by atoms with van der Waals surface area (Å²) in [5, 5.41) is 3.19. The second-order valence-corrected chi connectivity index (χ2v) is 4.22. The molecule has 1 N–H and O–H groups in total. The molecule has 1 unspecified atom stereocenters. The third kappa shape index (κ3) is 2.67. The molecule has 0 amide bonds. The summed E-state index contributed by atoms with van der Waals surface area (Å²) in [5.74, 6) is -0.185. The summed E-state index contributed by atoms with van der Waals surface area (Å²) < 4.78 is 19.5. The zero-order chi connectivity index (χ0) is 12.9. The Bertz CT molecular complexity index is 342. The maximum atomic E-state index is 13.9. The second kappa shape index (κ2) is 6.12. The number of rotatable bonds is 6. The minimum Gasteiger partial charge on any atom is -0.376 e. The van der Waals surface area contributed by atoms with Crippen molar-refractivity contribution < 1.29 is 9.13 Å². The van der Waals surface area contributed by atoms with Gasteiger partial charge in [0.25, 0.3) is 0 Å². The van der Waals surface area contributed by atoms with Gasteiger partial charge in [0, 0.05) is 12.7 Å². The summed E-state index contributed by atoms with van der Waals surface area (Å²) in [6.07, 6.45) is 1.67. The van der Waals surface area contributed by atoms with E-state index in [1.807, 2.05) is 19.2 Å². The van der Waals surface area contributed by atoms with Gasteiger partial charge in [-0.3, -0.25) is 0 Å². The Morgan fingerprint density at radius 3 is 2.29 bits per heavy atom. The second-order valence-electron chi connectivity index (χ2n) is 4.22. The molecule has 0 radical (unpaired) electrons. The zero-order valence-corrected chi connectivity index (χ0v) is 11.1. The van der Waals surface area contributed by atoms with E-state index in [1.165, 1.54) is 6.07 Å². The van der Waals surface area contributed by atoms with Crippen LogP contribution >= 0.6 is 0 Å². The highest BCUT2D eigenvalue weighted by atomic mass is 19.1. The molecule has 0 saturated heterocycles. The molecule has 2 nitrogen and oxygen atoms in total. The van der Waals surface area contributed by atoms with Gasteiger partial charge in [0.1, 0.15) is 5.82 Å². The summed E-state index contributed by atoms with van der Waals surface area (Å²) >= 11 is 0. The summed E-state index contributed by atoms with van der Waals surface area (Å²) in [4.78, 5) is 0. The van der Waals surface area contributed by atoms with Gasteiger partial charge >= 0.3 is 0 Å². The van der Waals surface area contributed by atoms with Crippen molar-refractivity contribution in [2.24, 2.45) is 0 Å². The van der Waals surface area contributed by atoms with Crippen molar-refractivity contribution in [2.45, 2.75) is 38.3 Å². The molecule has 0 saturated carbocycles. The lowest BCUT2D eigenvalue weighted by Gasteiger charge is -2.38. The number of hydrogen-bond acceptors (Lipinski definition) is 2.